The zero-order valence-corrected chi connectivity index (χ0v) is 10.2. The Bertz CT molecular complexity index is 538. The highest BCUT2D eigenvalue weighted by Gasteiger charge is 2.22. The van der Waals surface area contributed by atoms with Crippen molar-refractivity contribution in [1.82, 2.24) is 14.6 Å². The van der Waals surface area contributed by atoms with E-state index in [0.29, 0.717) is 17.9 Å². The molecular weight excluding hydrogens is 274 g/mol. The van der Waals surface area contributed by atoms with Gasteiger partial charge in [0.25, 0.3) is 0 Å². The molecule has 2 rings (SSSR count). The second-order valence-electron chi connectivity index (χ2n) is 3.42. The van der Waals surface area contributed by atoms with Crippen LogP contribution in [0.5, 0.6) is 0 Å². The number of hydrogen-bond donors (Lipinski definition) is 1. The third-order valence-electron chi connectivity index (χ3n) is 2.33. The van der Waals surface area contributed by atoms with Gasteiger partial charge in [-0.25, -0.2) is 9.50 Å². The molecule has 1 atom stereocenters. The number of carboxylic acid groups (broad SMARTS) is 1. The summed E-state index contributed by atoms with van der Waals surface area (Å²) in [5.74, 6) is -1.18. The van der Waals surface area contributed by atoms with E-state index < -0.39 is 11.9 Å². The quantitative estimate of drug-likeness (QED) is 0.936. The molecule has 0 spiro atoms. The van der Waals surface area contributed by atoms with Crippen LogP contribution in [-0.2, 0) is 4.79 Å². The first kappa shape index (κ1) is 11.1. The van der Waals surface area contributed by atoms with Gasteiger partial charge in [-0.1, -0.05) is 6.92 Å². The summed E-state index contributed by atoms with van der Waals surface area (Å²) in [5, 5.41) is 13.2. The number of carbonyl (C=O) groups is 1. The number of aromatic nitrogens is 3. The van der Waals surface area contributed by atoms with Gasteiger partial charge in [-0.2, -0.15) is 5.10 Å². The fraction of sp³-hybridized carbons (Fsp3) is 0.300. The number of aliphatic carboxylic acids is 1. The van der Waals surface area contributed by atoms with Gasteiger partial charge in [-0.05, 0) is 34.5 Å². The third-order valence-corrected chi connectivity index (χ3v) is 2.80. The van der Waals surface area contributed by atoms with Crippen LogP contribution in [0.15, 0.2) is 22.8 Å². The molecule has 6 heteroatoms. The van der Waals surface area contributed by atoms with E-state index in [1.165, 1.54) is 0 Å². The number of rotatable bonds is 3. The lowest BCUT2D eigenvalue weighted by atomic mass is 10.1. The van der Waals surface area contributed by atoms with Crippen molar-refractivity contribution in [2.45, 2.75) is 19.3 Å². The maximum atomic E-state index is 11.0. The van der Waals surface area contributed by atoms with Crippen molar-refractivity contribution >= 4 is 27.5 Å². The van der Waals surface area contributed by atoms with Crippen molar-refractivity contribution in [2.24, 2.45) is 0 Å². The standard InChI is InChI=1S/C10H10BrN3O2/c1-2-7(10(15)16)9-12-8-4-3-6(11)5-14(8)13-9/h3-5,7H,2H2,1H3,(H,15,16). The molecule has 0 saturated carbocycles. The van der Waals surface area contributed by atoms with Crippen molar-refractivity contribution in [3.63, 3.8) is 0 Å². The van der Waals surface area contributed by atoms with Crippen molar-refractivity contribution in [3.05, 3.63) is 28.6 Å². The second kappa shape index (κ2) is 4.21. The summed E-state index contributed by atoms with van der Waals surface area (Å²) in [6, 6.07) is 3.63. The number of halogens is 1. The molecular formula is C10H10BrN3O2. The maximum Gasteiger partial charge on any atom is 0.314 e. The van der Waals surface area contributed by atoms with Gasteiger partial charge < -0.3 is 5.11 Å². The van der Waals surface area contributed by atoms with E-state index in [2.05, 4.69) is 26.0 Å². The van der Waals surface area contributed by atoms with Crippen LogP contribution in [0, 0.1) is 0 Å². The average Bonchev–Trinajstić information content (AvgIpc) is 2.60. The molecule has 16 heavy (non-hydrogen) atoms. The second-order valence-corrected chi connectivity index (χ2v) is 4.33. The van der Waals surface area contributed by atoms with Gasteiger partial charge in [-0.3, -0.25) is 4.79 Å². The molecule has 5 nitrogen and oxygen atoms in total. The fourth-order valence-electron chi connectivity index (χ4n) is 1.49. The van der Waals surface area contributed by atoms with Gasteiger partial charge in [0.2, 0.25) is 0 Å². The van der Waals surface area contributed by atoms with Gasteiger partial charge in [0, 0.05) is 10.7 Å². The van der Waals surface area contributed by atoms with Gasteiger partial charge in [0.1, 0.15) is 5.92 Å². The Morgan fingerprint density at radius 2 is 2.38 bits per heavy atom. The number of hydrogen-bond acceptors (Lipinski definition) is 3. The van der Waals surface area contributed by atoms with Crippen LogP contribution in [0.1, 0.15) is 25.1 Å². The monoisotopic (exact) mass is 283 g/mol. The van der Waals surface area contributed by atoms with E-state index in [0.717, 1.165) is 4.47 Å². The molecule has 0 saturated heterocycles. The Morgan fingerprint density at radius 1 is 1.62 bits per heavy atom. The van der Waals surface area contributed by atoms with Crippen LogP contribution in [0.4, 0.5) is 0 Å². The summed E-state index contributed by atoms with van der Waals surface area (Å²) in [6.07, 6.45) is 2.23. The lowest BCUT2D eigenvalue weighted by Crippen LogP contribution is -2.12. The Hall–Kier alpha value is -1.43. The largest absolute Gasteiger partial charge is 0.481 e. The molecule has 2 aromatic heterocycles. The van der Waals surface area contributed by atoms with Gasteiger partial charge in [-0.15, -0.1) is 0 Å². The molecule has 0 radical (unpaired) electrons. The van der Waals surface area contributed by atoms with Crippen molar-refractivity contribution < 1.29 is 9.90 Å². The minimum Gasteiger partial charge on any atom is -0.481 e. The average molecular weight is 284 g/mol. The third kappa shape index (κ3) is 1.92. The maximum absolute atomic E-state index is 11.0. The molecule has 1 unspecified atom stereocenters. The van der Waals surface area contributed by atoms with Gasteiger partial charge >= 0.3 is 5.97 Å². The summed E-state index contributed by atoms with van der Waals surface area (Å²) in [6.45, 7) is 1.81. The van der Waals surface area contributed by atoms with E-state index in [9.17, 15) is 4.79 Å². The van der Waals surface area contributed by atoms with Crippen LogP contribution in [0.2, 0.25) is 0 Å². The molecule has 84 valence electrons. The van der Waals surface area contributed by atoms with Gasteiger partial charge in [0.05, 0.1) is 0 Å². The lowest BCUT2D eigenvalue weighted by molar-refractivity contribution is -0.139. The number of pyridine rings is 1. The van der Waals surface area contributed by atoms with Crippen LogP contribution in [0.25, 0.3) is 5.65 Å². The zero-order chi connectivity index (χ0) is 11.7. The molecule has 0 aliphatic carbocycles. The van der Waals surface area contributed by atoms with Crippen LogP contribution in [0.3, 0.4) is 0 Å². The highest BCUT2D eigenvalue weighted by molar-refractivity contribution is 9.10. The zero-order valence-electron chi connectivity index (χ0n) is 8.59. The number of carboxylic acids is 1. The smallest absolute Gasteiger partial charge is 0.314 e. The van der Waals surface area contributed by atoms with Crippen molar-refractivity contribution in [2.75, 3.05) is 0 Å². The SMILES string of the molecule is CCC(C(=O)O)c1nc2ccc(Br)cn2n1. The summed E-state index contributed by atoms with van der Waals surface area (Å²) in [5.41, 5.74) is 0.651. The van der Waals surface area contributed by atoms with Crippen molar-refractivity contribution in [1.29, 1.82) is 0 Å². The van der Waals surface area contributed by atoms with Crippen LogP contribution < -0.4 is 0 Å². The molecule has 1 N–H and O–H groups in total. The minimum atomic E-state index is -0.891. The van der Waals surface area contributed by atoms with Crippen molar-refractivity contribution in [3.8, 4) is 0 Å². The summed E-state index contributed by atoms with van der Waals surface area (Å²) in [7, 11) is 0. The molecule has 2 heterocycles. The summed E-state index contributed by atoms with van der Waals surface area (Å²) >= 11 is 3.32. The first-order valence-corrected chi connectivity index (χ1v) is 5.65. The molecule has 0 fully saturated rings. The van der Waals surface area contributed by atoms with Crippen LogP contribution >= 0.6 is 15.9 Å². The Kier molecular flexibility index (Phi) is 2.91. The Balaban J connectivity index is 2.49. The van der Waals surface area contributed by atoms with E-state index in [-0.39, 0.29) is 0 Å². The van der Waals surface area contributed by atoms with E-state index in [1.807, 2.05) is 6.07 Å². The highest BCUT2D eigenvalue weighted by Crippen LogP contribution is 2.18. The summed E-state index contributed by atoms with van der Waals surface area (Å²) < 4.78 is 2.45. The predicted molar refractivity (Wildman–Crippen MR) is 61.4 cm³/mol. The normalized spacial score (nSPS) is 12.9. The highest BCUT2D eigenvalue weighted by atomic mass is 79.9. The number of nitrogens with zero attached hydrogens (tertiary/aromatic N) is 3. The topological polar surface area (TPSA) is 67.5 Å². The van der Waals surface area contributed by atoms with E-state index in [4.69, 9.17) is 5.11 Å². The predicted octanol–water partition coefficient (Wildman–Crippen LogP) is 2.07. The Morgan fingerprint density at radius 3 is 3.00 bits per heavy atom. The number of fused-ring (bicyclic) bond motifs is 1. The minimum absolute atomic E-state index is 0.355. The molecule has 0 amide bonds. The fourth-order valence-corrected chi connectivity index (χ4v) is 1.82. The first-order valence-electron chi connectivity index (χ1n) is 4.86. The van der Waals surface area contributed by atoms with E-state index in [1.54, 1.807) is 23.7 Å². The molecule has 0 bridgehead atoms. The molecule has 0 aliphatic rings. The van der Waals surface area contributed by atoms with Crippen LogP contribution in [-0.4, -0.2) is 25.7 Å². The first-order chi connectivity index (χ1) is 7.61. The Labute approximate surface area is 100 Å². The van der Waals surface area contributed by atoms with E-state index >= 15 is 0 Å². The lowest BCUT2D eigenvalue weighted by Gasteiger charge is -2.02. The molecule has 0 aliphatic heterocycles. The molecule has 2 aromatic rings. The van der Waals surface area contributed by atoms with Gasteiger partial charge in [0.15, 0.2) is 11.5 Å². The molecule has 0 aromatic carbocycles. The summed E-state index contributed by atoms with van der Waals surface area (Å²) in [4.78, 5) is 15.2.